The maximum atomic E-state index is 14.1. The third-order valence-electron chi connectivity index (χ3n) is 3.78. The summed E-state index contributed by atoms with van der Waals surface area (Å²) in [5.41, 5.74) is 6.75. The molecule has 2 unspecified atom stereocenters. The molecule has 0 radical (unpaired) electrons. The minimum Gasteiger partial charge on any atom is -0.320 e. The van der Waals surface area contributed by atoms with Crippen LogP contribution >= 0.6 is 11.8 Å². The van der Waals surface area contributed by atoms with E-state index in [1.54, 1.807) is 0 Å². The normalized spacial score (nSPS) is 23.2. The van der Waals surface area contributed by atoms with Crippen LogP contribution in [0.3, 0.4) is 0 Å². The SMILES string of the molecule is CC1SCCN(Cc2ccc(C#CCN)cc2F)C1C. The van der Waals surface area contributed by atoms with Crippen LogP contribution in [-0.4, -0.2) is 35.0 Å². The van der Waals surface area contributed by atoms with Gasteiger partial charge < -0.3 is 5.73 Å². The molecule has 0 spiro atoms. The first kappa shape index (κ1) is 15.4. The summed E-state index contributed by atoms with van der Waals surface area (Å²) in [5, 5.41) is 0.599. The zero-order valence-corrected chi connectivity index (χ0v) is 12.8. The molecule has 1 saturated heterocycles. The van der Waals surface area contributed by atoms with E-state index in [-0.39, 0.29) is 5.82 Å². The molecule has 2 rings (SSSR count). The van der Waals surface area contributed by atoms with Crippen molar-refractivity contribution < 1.29 is 4.39 Å². The summed E-state index contributed by atoms with van der Waals surface area (Å²) in [4.78, 5) is 2.35. The molecular formula is C16H21FN2S. The van der Waals surface area contributed by atoms with Gasteiger partial charge >= 0.3 is 0 Å². The Labute approximate surface area is 124 Å². The number of benzene rings is 1. The molecule has 0 saturated carbocycles. The number of hydrogen-bond acceptors (Lipinski definition) is 3. The van der Waals surface area contributed by atoms with Crippen LogP contribution in [0.4, 0.5) is 4.39 Å². The Kier molecular flexibility index (Phi) is 5.47. The molecule has 1 aromatic rings. The lowest BCUT2D eigenvalue weighted by atomic mass is 10.1. The summed E-state index contributed by atoms with van der Waals surface area (Å²) in [7, 11) is 0. The average molecular weight is 292 g/mol. The van der Waals surface area contributed by atoms with Crippen molar-refractivity contribution in [2.75, 3.05) is 18.8 Å². The number of hydrogen-bond donors (Lipinski definition) is 1. The van der Waals surface area contributed by atoms with Gasteiger partial charge in [-0.2, -0.15) is 11.8 Å². The number of nitrogens with zero attached hydrogens (tertiary/aromatic N) is 1. The molecule has 0 amide bonds. The van der Waals surface area contributed by atoms with Crippen LogP contribution in [0.5, 0.6) is 0 Å². The third kappa shape index (κ3) is 3.76. The summed E-state index contributed by atoms with van der Waals surface area (Å²) in [6.45, 7) is 6.44. The molecule has 2 N–H and O–H groups in total. The fourth-order valence-electron chi connectivity index (χ4n) is 2.34. The molecule has 1 fully saturated rings. The number of rotatable bonds is 2. The van der Waals surface area contributed by atoms with Gasteiger partial charge in [0.05, 0.1) is 6.54 Å². The number of nitrogens with two attached hydrogens (primary N) is 1. The molecule has 1 aliphatic heterocycles. The van der Waals surface area contributed by atoms with Crippen molar-refractivity contribution in [2.24, 2.45) is 5.73 Å². The molecule has 1 aliphatic rings. The maximum Gasteiger partial charge on any atom is 0.128 e. The smallest absolute Gasteiger partial charge is 0.128 e. The molecule has 1 heterocycles. The second-order valence-corrected chi connectivity index (χ2v) is 6.58. The highest BCUT2D eigenvalue weighted by Crippen LogP contribution is 2.26. The summed E-state index contributed by atoms with van der Waals surface area (Å²) < 4.78 is 14.1. The van der Waals surface area contributed by atoms with Gasteiger partial charge in [-0.1, -0.05) is 24.8 Å². The first-order chi connectivity index (χ1) is 9.61. The zero-order valence-electron chi connectivity index (χ0n) is 12.0. The molecule has 4 heteroatoms. The van der Waals surface area contributed by atoms with Crippen molar-refractivity contribution in [3.8, 4) is 11.8 Å². The Hall–Kier alpha value is -1.02. The van der Waals surface area contributed by atoms with E-state index >= 15 is 0 Å². The van der Waals surface area contributed by atoms with Crippen LogP contribution in [0.1, 0.15) is 25.0 Å². The second-order valence-electron chi connectivity index (χ2n) is 5.10. The summed E-state index contributed by atoms with van der Waals surface area (Å²) >= 11 is 1.99. The lowest BCUT2D eigenvalue weighted by molar-refractivity contribution is 0.202. The minimum absolute atomic E-state index is 0.174. The second kappa shape index (κ2) is 7.12. The fourth-order valence-corrected chi connectivity index (χ4v) is 3.51. The van der Waals surface area contributed by atoms with Crippen LogP contribution < -0.4 is 5.73 Å². The average Bonchev–Trinajstić information content (AvgIpc) is 2.44. The first-order valence-corrected chi connectivity index (χ1v) is 7.99. The van der Waals surface area contributed by atoms with Gasteiger partial charge in [-0.15, -0.1) is 0 Å². The quantitative estimate of drug-likeness (QED) is 0.849. The van der Waals surface area contributed by atoms with E-state index in [1.807, 2.05) is 23.9 Å². The van der Waals surface area contributed by atoms with Gasteiger partial charge in [0.1, 0.15) is 5.82 Å². The van der Waals surface area contributed by atoms with E-state index in [4.69, 9.17) is 5.73 Å². The van der Waals surface area contributed by atoms with Crippen LogP contribution in [0.25, 0.3) is 0 Å². The van der Waals surface area contributed by atoms with E-state index in [1.165, 1.54) is 6.07 Å². The van der Waals surface area contributed by atoms with Crippen molar-refractivity contribution in [1.82, 2.24) is 4.90 Å². The molecule has 2 nitrogen and oxygen atoms in total. The van der Waals surface area contributed by atoms with Crippen LogP contribution in [0.15, 0.2) is 18.2 Å². The highest BCUT2D eigenvalue weighted by molar-refractivity contribution is 8.00. The van der Waals surface area contributed by atoms with Crippen LogP contribution in [0.2, 0.25) is 0 Å². The predicted octanol–water partition coefficient (Wildman–Crippen LogP) is 2.46. The van der Waals surface area contributed by atoms with Crippen molar-refractivity contribution in [3.05, 3.63) is 35.1 Å². The molecular weight excluding hydrogens is 271 g/mol. The third-order valence-corrected chi connectivity index (χ3v) is 5.11. The summed E-state index contributed by atoms with van der Waals surface area (Å²) in [5.74, 6) is 6.55. The lowest BCUT2D eigenvalue weighted by Gasteiger charge is -2.37. The number of thioether (sulfide) groups is 1. The van der Waals surface area contributed by atoms with Gasteiger partial charge in [-0.05, 0) is 19.1 Å². The van der Waals surface area contributed by atoms with Crippen molar-refractivity contribution in [1.29, 1.82) is 0 Å². The van der Waals surface area contributed by atoms with Gasteiger partial charge in [0.15, 0.2) is 0 Å². The molecule has 2 atom stereocenters. The summed E-state index contributed by atoms with van der Waals surface area (Å²) in [6, 6.07) is 5.69. The molecule has 0 aliphatic carbocycles. The maximum absolute atomic E-state index is 14.1. The Bertz CT molecular complexity index is 521. The van der Waals surface area contributed by atoms with Gasteiger partial charge in [0.25, 0.3) is 0 Å². The first-order valence-electron chi connectivity index (χ1n) is 6.95. The molecule has 20 heavy (non-hydrogen) atoms. The number of halogens is 1. The lowest BCUT2D eigenvalue weighted by Crippen LogP contribution is -2.44. The van der Waals surface area contributed by atoms with E-state index in [9.17, 15) is 4.39 Å². The van der Waals surface area contributed by atoms with Crippen LogP contribution in [-0.2, 0) is 6.54 Å². The van der Waals surface area contributed by atoms with Crippen molar-refractivity contribution in [2.45, 2.75) is 31.7 Å². The molecule has 0 bridgehead atoms. The molecule has 108 valence electrons. The monoisotopic (exact) mass is 292 g/mol. The highest BCUT2D eigenvalue weighted by atomic mass is 32.2. The topological polar surface area (TPSA) is 29.3 Å². The van der Waals surface area contributed by atoms with Crippen molar-refractivity contribution in [3.63, 3.8) is 0 Å². The van der Waals surface area contributed by atoms with E-state index < -0.39 is 0 Å². The Morgan fingerprint density at radius 3 is 2.95 bits per heavy atom. The van der Waals surface area contributed by atoms with Crippen molar-refractivity contribution >= 4 is 11.8 Å². The standard InChI is InChI=1S/C16H21FN2S/c1-12-13(2)20-9-8-19(12)11-15-6-5-14(4-3-7-18)10-16(15)17/h5-6,10,12-13H,7-9,11,18H2,1-2H3. The molecule has 1 aromatic carbocycles. The minimum atomic E-state index is -0.174. The fraction of sp³-hybridized carbons (Fsp3) is 0.500. The molecule has 0 aromatic heterocycles. The highest BCUT2D eigenvalue weighted by Gasteiger charge is 2.25. The van der Waals surface area contributed by atoms with Gasteiger partial charge in [0, 0.05) is 41.3 Å². The van der Waals surface area contributed by atoms with E-state index in [0.717, 1.165) is 17.9 Å². The van der Waals surface area contributed by atoms with Crippen LogP contribution in [0, 0.1) is 17.7 Å². The zero-order chi connectivity index (χ0) is 14.5. The summed E-state index contributed by atoms with van der Waals surface area (Å²) in [6.07, 6.45) is 0. The Morgan fingerprint density at radius 2 is 2.25 bits per heavy atom. The Morgan fingerprint density at radius 1 is 1.45 bits per heavy atom. The van der Waals surface area contributed by atoms with E-state index in [2.05, 4.69) is 30.6 Å². The van der Waals surface area contributed by atoms with Gasteiger partial charge in [-0.3, -0.25) is 4.90 Å². The van der Waals surface area contributed by atoms with Gasteiger partial charge in [-0.25, -0.2) is 4.39 Å². The van der Waals surface area contributed by atoms with E-state index in [0.29, 0.717) is 29.9 Å². The predicted molar refractivity (Wildman–Crippen MR) is 84.1 cm³/mol. The van der Waals surface area contributed by atoms with Gasteiger partial charge in [0.2, 0.25) is 0 Å². The Balaban J connectivity index is 2.09. The largest absolute Gasteiger partial charge is 0.320 e.